The van der Waals surface area contributed by atoms with E-state index in [2.05, 4.69) is 30.1 Å². The van der Waals surface area contributed by atoms with E-state index >= 15 is 0 Å². The predicted molar refractivity (Wildman–Crippen MR) is 126 cm³/mol. The predicted octanol–water partition coefficient (Wildman–Crippen LogP) is 2.58. The van der Waals surface area contributed by atoms with E-state index in [0.29, 0.717) is 0 Å². The van der Waals surface area contributed by atoms with Gasteiger partial charge in [0.15, 0.2) is 27.2 Å². The number of nitrogens with zero attached hydrogens (tertiary/aromatic N) is 7. The number of ether oxygens (including phenoxy) is 3. The van der Waals surface area contributed by atoms with E-state index in [-0.39, 0.29) is 39.9 Å². The first-order valence-electron chi connectivity index (χ1n) is 10.9. The van der Waals surface area contributed by atoms with Crippen LogP contribution in [0.3, 0.4) is 0 Å². The van der Waals surface area contributed by atoms with Gasteiger partial charge >= 0.3 is 0 Å². The average Bonchev–Trinajstić information content (AvgIpc) is 3.15. The van der Waals surface area contributed by atoms with Crippen LogP contribution in [-0.2, 0) is 20.3 Å². The second-order valence-electron chi connectivity index (χ2n) is 8.42. The number of methoxy groups -OCH3 is 3. The van der Waals surface area contributed by atoms with Gasteiger partial charge in [0, 0.05) is 25.4 Å². The second-order valence-corrected chi connectivity index (χ2v) is 11.2. The highest BCUT2D eigenvalue weighted by Gasteiger charge is 2.68. The van der Waals surface area contributed by atoms with Crippen LogP contribution in [0.2, 0.25) is 5.02 Å². The molecule has 12 nitrogen and oxygen atoms in total. The van der Waals surface area contributed by atoms with Crippen LogP contribution < -0.4 is 9.47 Å². The lowest BCUT2D eigenvalue weighted by Crippen LogP contribution is -2.30. The molecule has 1 aliphatic rings. The summed E-state index contributed by atoms with van der Waals surface area (Å²) in [6.07, 6.45) is 2.76. The maximum Gasteiger partial charge on any atom is 0.261 e. The topological polar surface area (TPSA) is 144 Å². The Bertz CT molecular complexity index is 1370. The minimum absolute atomic E-state index is 0.00424. The van der Waals surface area contributed by atoms with Gasteiger partial charge in [-0.15, -0.1) is 10.2 Å². The molecule has 0 aromatic carbocycles. The van der Waals surface area contributed by atoms with E-state index in [0.717, 1.165) is 6.33 Å². The first-order valence-corrected chi connectivity index (χ1v) is 13.0. The van der Waals surface area contributed by atoms with Crippen LogP contribution in [0.1, 0.15) is 43.3 Å². The number of alkyl halides is 2. The van der Waals surface area contributed by atoms with Crippen molar-refractivity contribution in [1.29, 1.82) is 0 Å². The summed E-state index contributed by atoms with van der Waals surface area (Å²) < 4.78 is 73.1. The number of hydrogen-bond donors (Lipinski definition) is 0. The Kier molecular flexibility index (Phi) is 7.32. The lowest BCUT2D eigenvalue weighted by atomic mass is 10.2. The summed E-state index contributed by atoms with van der Waals surface area (Å²) in [6, 6.07) is 0. The number of hydrogen-bond acceptors (Lipinski definition) is 11. The third kappa shape index (κ3) is 4.82. The third-order valence-corrected chi connectivity index (χ3v) is 8.52. The largest absolute Gasteiger partial charge is 0.479 e. The molecule has 1 fully saturated rings. The molecule has 0 radical (unpaired) electrons. The molecule has 0 bridgehead atoms. The van der Waals surface area contributed by atoms with Crippen LogP contribution in [0.15, 0.2) is 18.7 Å². The Labute approximate surface area is 216 Å². The monoisotopic (exact) mass is 559 g/mol. The van der Waals surface area contributed by atoms with Crippen molar-refractivity contribution in [1.82, 2.24) is 34.7 Å². The van der Waals surface area contributed by atoms with Crippen molar-refractivity contribution in [2.45, 2.75) is 42.8 Å². The van der Waals surface area contributed by atoms with Gasteiger partial charge in [-0.2, -0.15) is 9.97 Å². The molecule has 1 saturated carbocycles. The van der Waals surface area contributed by atoms with Crippen LogP contribution >= 0.6 is 11.6 Å². The fraction of sp³-hybridized carbons (Fsp3) is 0.524. The van der Waals surface area contributed by atoms with Gasteiger partial charge in [0.05, 0.1) is 30.4 Å². The van der Waals surface area contributed by atoms with E-state index in [1.165, 1.54) is 52.1 Å². The van der Waals surface area contributed by atoms with Crippen molar-refractivity contribution in [3.05, 3.63) is 41.2 Å². The maximum atomic E-state index is 14.4. The molecule has 4 rings (SSSR count). The zero-order valence-corrected chi connectivity index (χ0v) is 22.0. The molecule has 0 amide bonds. The van der Waals surface area contributed by atoms with Crippen molar-refractivity contribution in [2.24, 2.45) is 5.92 Å². The molecule has 200 valence electrons. The SMILES string of the molecule is COc1ncnc(OC)c1-n1c(CS(=O)(=O)[C@@H](C)[C@H](OC)c2ncc(Cl)cn2)nnc1[C@H]1[C@@H](C)C1(F)F. The quantitative estimate of drug-likeness (QED) is 0.361. The molecule has 4 atom stereocenters. The van der Waals surface area contributed by atoms with E-state index in [4.69, 9.17) is 25.8 Å². The molecule has 37 heavy (non-hydrogen) atoms. The van der Waals surface area contributed by atoms with E-state index in [1.807, 2.05) is 0 Å². The molecule has 1 aliphatic carbocycles. The van der Waals surface area contributed by atoms with E-state index in [1.54, 1.807) is 0 Å². The van der Waals surface area contributed by atoms with Gasteiger partial charge in [-0.1, -0.05) is 18.5 Å². The van der Waals surface area contributed by atoms with Crippen molar-refractivity contribution in [3.8, 4) is 17.4 Å². The van der Waals surface area contributed by atoms with Crippen LogP contribution in [-0.4, -0.2) is 75.6 Å². The van der Waals surface area contributed by atoms with Crippen LogP contribution in [0.4, 0.5) is 8.78 Å². The first kappa shape index (κ1) is 27.0. The highest BCUT2D eigenvalue weighted by atomic mass is 35.5. The van der Waals surface area contributed by atoms with Crippen molar-refractivity contribution in [3.63, 3.8) is 0 Å². The van der Waals surface area contributed by atoms with Crippen molar-refractivity contribution >= 4 is 21.4 Å². The molecule has 0 spiro atoms. The van der Waals surface area contributed by atoms with Gasteiger partial charge < -0.3 is 14.2 Å². The van der Waals surface area contributed by atoms with Crippen molar-refractivity contribution in [2.75, 3.05) is 21.3 Å². The first-order chi connectivity index (χ1) is 17.5. The van der Waals surface area contributed by atoms with Crippen LogP contribution in [0.5, 0.6) is 11.8 Å². The molecule has 3 aromatic heterocycles. The second kappa shape index (κ2) is 10.0. The van der Waals surface area contributed by atoms with Gasteiger partial charge in [-0.3, -0.25) is 4.57 Å². The fourth-order valence-corrected chi connectivity index (χ4v) is 5.57. The Morgan fingerprint density at radius 3 is 2.14 bits per heavy atom. The standard InChI is InChI=1S/C21H24ClF2N7O5S/c1-10-14(21(10,23)24)18-30-29-13(31(18)15-19(35-4)27-9-28-20(15)36-5)8-37(32,33)11(2)16(34-3)17-25-6-12(22)7-26-17/h6-7,9-11,14,16H,8H2,1-5H3/t10-,11+,14-,16+/m1/s1. The summed E-state index contributed by atoms with van der Waals surface area (Å²) in [4.78, 5) is 16.2. The Morgan fingerprint density at radius 1 is 1.08 bits per heavy atom. The fourth-order valence-electron chi connectivity index (χ4n) is 4.06. The molecule has 16 heteroatoms. The summed E-state index contributed by atoms with van der Waals surface area (Å²) in [5.41, 5.74) is 0.00424. The van der Waals surface area contributed by atoms with Gasteiger partial charge in [0.2, 0.25) is 11.8 Å². The van der Waals surface area contributed by atoms with Crippen molar-refractivity contribution < 1.29 is 31.4 Å². The Morgan fingerprint density at radius 2 is 1.65 bits per heavy atom. The van der Waals surface area contributed by atoms with Gasteiger partial charge in [-0.25, -0.2) is 27.2 Å². The molecule has 0 N–H and O–H groups in total. The molecular formula is C21H24ClF2N7O5S. The van der Waals surface area contributed by atoms with Gasteiger partial charge in [-0.05, 0) is 6.92 Å². The number of sulfone groups is 1. The molecular weight excluding hydrogens is 536 g/mol. The lowest BCUT2D eigenvalue weighted by molar-refractivity contribution is 0.0948. The normalized spacial score (nSPS) is 20.3. The number of rotatable bonds is 10. The minimum atomic E-state index is -4.06. The number of halogens is 3. The van der Waals surface area contributed by atoms with Crippen LogP contribution in [0.25, 0.3) is 5.69 Å². The summed E-state index contributed by atoms with van der Waals surface area (Å²) >= 11 is 5.84. The minimum Gasteiger partial charge on any atom is -0.479 e. The molecule has 3 heterocycles. The highest BCUT2D eigenvalue weighted by Crippen LogP contribution is 2.61. The van der Waals surface area contributed by atoms with Crippen LogP contribution in [0, 0.1) is 5.92 Å². The van der Waals surface area contributed by atoms with E-state index < -0.39 is 44.7 Å². The smallest absolute Gasteiger partial charge is 0.261 e. The third-order valence-electron chi connectivity index (χ3n) is 6.28. The summed E-state index contributed by atoms with van der Waals surface area (Å²) in [5, 5.41) is 7.05. The maximum absolute atomic E-state index is 14.4. The molecule has 0 unspecified atom stereocenters. The summed E-state index contributed by atoms with van der Waals surface area (Å²) in [5.74, 6) is -6.39. The summed E-state index contributed by atoms with van der Waals surface area (Å²) in [6.45, 7) is 2.79. The molecule has 3 aromatic rings. The average molecular weight is 560 g/mol. The zero-order valence-electron chi connectivity index (χ0n) is 20.5. The van der Waals surface area contributed by atoms with Gasteiger partial charge in [0.1, 0.15) is 24.0 Å². The van der Waals surface area contributed by atoms with E-state index in [9.17, 15) is 17.2 Å². The lowest BCUT2D eigenvalue weighted by Gasteiger charge is -2.22. The highest BCUT2D eigenvalue weighted by molar-refractivity contribution is 7.91. The molecule has 0 saturated heterocycles. The Hall–Kier alpha value is -3.04. The molecule has 0 aliphatic heterocycles. The summed E-state index contributed by atoms with van der Waals surface area (Å²) in [7, 11) is -0.102. The Balaban J connectivity index is 1.80. The zero-order chi connectivity index (χ0) is 27.1. The number of aromatic nitrogens is 7. The van der Waals surface area contributed by atoms with Gasteiger partial charge in [0.25, 0.3) is 5.92 Å².